The number of halogens is 1. The van der Waals surface area contributed by atoms with Crippen LogP contribution in [-0.2, 0) is 11.2 Å². The molecule has 21 heavy (non-hydrogen) atoms. The number of carbonyl (C=O) groups is 1. The van der Waals surface area contributed by atoms with E-state index < -0.39 is 5.60 Å². The van der Waals surface area contributed by atoms with Gasteiger partial charge in [-0.2, -0.15) is 0 Å². The molecule has 0 saturated carbocycles. The van der Waals surface area contributed by atoms with E-state index in [4.69, 9.17) is 16.3 Å². The lowest BCUT2D eigenvalue weighted by Gasteiger charge is -2.33. The first kappa shape index (κ1) is 16.1. The lowest BCUT2D eigenvalue weighted by molar-refractivity contribution is 0.0184. The largest absolute Gasteiger partial charge is 0.444 e. The van der Waals surface area contributed by atoms with Gasteiger partial charge in [0, 0.05) is 19.3 Å². The molecule has 2 rings (SSSR count). The predicted octanol–water partition coefficient (Wildman–Crippen LogP) is 3.92. The molecule has 0 unspecified atom stereocenters. The van der Waals surface area contributed by atoms with E-state index in [2.05, 4.69) is 4.98 Å². The van der Waals surface area contributed by atoms with Crippen molar-refractivity contribution in [2.75, 3.05) is 13.1 Å². The van der Waals surface area contributed by atoms with E-state index in [0.717, 1.165) is 32.4 Å². The van der Waals surface area contributed by atoms with Crippen molar-refractivity contribution in [1.82, 2.24) is 9.88 Å². The number of ether oxygens (including phenoxy) is 1. The minimum atomic E-state index is -0.428. The van der Waals surface area contributed by atoms with Gasteiger partial charge in [0.1, 0.15) is 10.8 Å². The molecule has 2 heterocycles. The second-order valence-electron chi connectivity index (χ2n) is 6.60. The summed E-state index contributed by atoms with van der Waals surface area (Å²) in [5, 5.41) is 0.526. The van der Waals surface area contributed by atoms with E-state index in [1.165, 1.54) is 5.56 Å². The molecule has 1 aliphatic rings. The van der Waals surface area contributed by atoms with Gasteiger partial charge in [0.05, 0.1) is 0 Å². The zero-order chi connectivity index (χ0) is 15.5. The maximum absolute atomic E-state index is 12.0. The van der Waals surface area contributed by atoms with Crippen LogP contribution >= 0.6 is 11.6 Å². The van der Waals surface area contributed by atoms with Crippen molar-refractivity contribution >= 4 is 17.7 Å². The summed E-state index contributed by atoms with van der Waals surface area (Å²) in [6.07, 6.45) is 4.63. The molecule has 116 valence electrons. The molecule has 1 fully saturated rings. The fraction of sp³-hybridized carbons (Fsp3) is 0.625. The minimum absolute atomic E-state index is 0.200. The van der Waals surface area contributed by atoms with Crippen LogP contribution < -0.4 is 0 Å². The third-order valence-corrected chi connectivity index (χ3v) is 3.80. The first-order valence-electron chi connectivity index (χ1n) is 7.42. The molecular weight excluding hydrogens is 288 g/mol. The molecule has 1 aromatic rings. The van der Waals surface area contributed by atoms with Crippen molar-refractivity contribution < 1.29 is 9.53 Å². The summed E-state index contributed by atoms with van der Waals surface area (Å²) in [6.45, 7) is 7.21. The second-order valence-corrected chi connectivity index (χ2v) is 6.99. The molecule has 0 spiro atoms. The molecule has 1 saturated heterocycles. The first-order chi connectivity index (χ1) is 9.83. The Morgan fingerprint density at radius 3 is 2.57 bits per heavy atom. The van der Waals surface area contributed by atoms with Crippen molar-refractivity contribution in [2.45, 2.75) is 45.6 Å². The van der Waals surface area contributed by atoms with Crippen LogP contribution in [-0.4, -0.2) is 34.7 Å². The van der Waals surface area contributed by atoms with Gasteiger partial charge < -0.3 is 9.64 Å². The lowest BCUT2D eigenvalue weighted by Crippen LogP contribution is -2.42. The maximum atomic E-state index is 12.0. The summed E-state index contributed by atoms with van der Waals surface area (Å²) in [6, 6.07) is 3.85. The second kappa shape index (κ2) is 6.65. The highest BCUT2D eigenvalue weighted by atomic mass is 35.5. The molecule has 4 nitrogen and oxygen atoms in total. The number of nitrogens with zero attached hydrogens (tertiary/aromatic N) is 2. The van der Waals surface area contributed by atoms with Gasteiger partial charge in [0.15, 0.2) is 0 Å². The predicted molar refractivity (Wildman–Crippen MR) is 83.5 cm³/mol. The zero-order valence-corrected chi connectivity index (χ0v) is 13.7. The summed E-state index contributed by atoms with van der Waals surface area (Å²) >= 11 is 5.79. The lowest BCUT2D eigenvalue weighted by atomic mass is 9.91. The molecule has 0 bridgehead atoms. The van der Waals surface area contributed by atoms with Gasteiger partial charge >= 0.3 is 6.09 Å². The fourth-order valence-corrected chi connectivity index (χ4v) is 2.62. The number of likely N-dealkylation sites (tertiary alicyclic amines) is 1. The van der Waals surface area contributed by atoms with E-state index in [-0.39, 0.29) is 6.09 Å². The number of hydrogen-bond acceptors (Lipinski definition) is 3. The molecule has 1 amide bonds. The maximum Gasteiger partial charge on any atom is 0.410 e. The van der Waals surface area contributed by atoms with Gasteiger partial charge in [-0.25, -0.2) is 9.78 Å². The molecular formula is C16H23ClN2O2. The Hall–Kier alpha value is -1.29. The summed E-state index contributed by atoms with van der Waals surface area (Å²) in [5.41, 5.74) is 0.776. The third kappa shape index (κ3) is 5.20. The SMILES string of the molecule is CC(C)(C)OC(=O)N1CCC(Cc2ccc(Cl)nc2)CC1. The topological polar surface area (TPSA) is 42.4 Å². The van der Waals surface area contributed by atoms with Crippen molar-refractivity contribution in [3.63, 3.8) is 0 Å². The first-order valence-corrected chi connectivity index (χ1v) is 7.79. The molecule has 0 radical (unpaired) electrons. The van der Waals surface area contributed by atoms with Crippen LogP contribution in [0.5, 0.6) is 0 Å². The number of amides is 1. The highest BCUT2D eigenvalue weighted by molar-refractivity contribution is 6.29. The Balaban J connectivity index is 1.80. The Labute approximate surface area is 131 Å². The van der Waals surface area contributed by atoms with E-state index >= 15 is 0 Å². The molecule has 1 aliphatic heterocycles. The van der Waals surface area contributed by atoms with Crippen LogP contribution in [0, 0.1) is 5.92 Å². The van der Waals surface area contributed by atoms with Gasteiger partial charge in [-0.15, -0.1) is 0 Å². The van der Waals surface area contributed by atoms with Crippen molar-refractivity contribution in [3.8, 4) is 0 Å². The summed E-state index contributed by atoms with van der Waals surface area (Å²) in [7, 11) is 0. The monoisotopic (exact) mass is 310 g/mol. The zero-order valence-electron chi connectivity index (χ0n) is 12.9. The molecule has 0 aromatic carbocycles. The van der Waals surface area contributed by atoms with E-state index in [1.807, 2.05) is 44.0 Å². The highest BCUT2D eigenvalue weighted by Gasteiger charge is 2.26. The molecule has 5 heteroatoms. The fourth-order valence-electron chi connectivity index (χ4n) is 2.51. The number of aromatic nitrogens is 1. The Morgan fingerprint density at radius 2 is 2.05 bits per heavy atom. The molecule has 0 N–H and O–H groups in total. The summed E-state index contributed by atoms with van der Waals surface area (Å²) < 4.78 is 5.41. The molecule has 0 atom stereocenters. The van der Waals surface area contributed by atoms with Crippen LogP contribution in [0.1, 0.15) is 39.2 Å². The van der Waals surface area contributed by atoms with Crippen molar-refractivity contribution in [3.05, 3.63) is 29.0 Å². The summed E-state index contributed by atoms with van der Waals surface area (Å²) in [5.74, 6) is 0.590. The smallest absolute Gasteiger partial charge is 0.410 e. The average molecular weight is 311 g/mol. The van der Waals surface area contributed by atoms with Gasteiger partial charge in [0.25, 0.3) is 0 Å². The highest BCUT2D eigenvalue weighted by Crippen LogP contribution is 2.23. The standard InChI is InChI=1S/C16H23ClN2O2/c1-16(2,3)21-15(20)19-8-6-12(7-9-19)10-13-4-5-14(17)18-11-13/h4-5,11-12H,6-10H2,1-3H3. The van der Waals surface area contributed by atoms with E-state index in [1.54, 1.807) is 0 Å². The van der Waals surface area contributed by atoms with Crippen molar-refractivity contribution in [1.29, 1.82) is 0 Å². The summed E-state index contributed by atoms with van der Waals surface area (Å²) in [4.78, 5) is 17.9. The van der Waals surface area contributed by atoms with Crippen LogP contribution in [0.4, 0.5) is 4.79 Å². The number of hydrogen-bond donors (Lipinski definition) is 0. The Morgan fingerprint density at radius 1 is 1.38 bits per heavy atom. The number of carbonyl (C=O) groups excluding carboxylic acids is 1. The van der Waals surface area contributed by atoms with Gasteiger partial charge in [-0.3, -0.25) is 0 Å². The van der Waals surface area contributed by atoms with Crippen LogP contribution in [0.2, 0.25) is 5.15 Å². The Bertz CT molecular complexity index is 474. The molecule has 0 aliphatic carbocycles. The van der Waals surface area contributed by atoms with E-state index in [9.17, 15) is 4.79 Å². The minimum Gasteiger partial charge on any atom is -0.444 e. The van der Waals surface area contributed by atoms with Crippen LogP contribution in [0.25, 0.3) is 0 Å². The van der Waals surface area contributed by atoms with Crippen LogP contribution in [0.15, 0.2) is 18.3 Å². The number of piperidine rings is 1. The quantitative estimate of drug-likeness (QED) is 0.777. The van der Waals surface area contributed by atoms with Gasteiger partial charge in [-0.1, -0.05) is 17.7 Å². The van der Waals surface area contributed by atoms with Gasteiger partial charge in [-0.05, 0) is 57.6 Å². The Kier molecular flexibility index (Phi) is 5.09. The van der Waals surface area contributed by atoms with E-state index in [0.29, 0.717) is 11.1 Å². The number of pyridine rings is 1. The third-order valence-electron chi connectivity index (χ3n) is 3.58. The van der Waals surface area contributed by atoms with Crippen LogP contribution in [0.3, 0.4) is 0 Å². The van der Waals surface area contributed by atoms with Gasteiger partial charge in [0.2, 0.25) is 0 Å². The van der Waals surface area contributed by atoms with Crippen molar-refractivity contribution in [2.24, 2.45) is 5.92 Å². The number of rotatable bonds is 2. The molecule has 1 aromatic heterocycles. The normalized spacial score (nSPS) is 16.9. The average Bonchev–Trinajstić information content (AvgIpc) is 2.40.